The Kier molecular flexibility index (Phi) is 8.48. The molecule has 0 radical (unpaired) electrons. The van der Waals surface area contributed by atoms with Crippen LogP contribution in [-0.4, -0.2) is 76.2 Å². The molecule has 3 fully saturated rings. The highest BCUT2D eigenvalue weighted by molar-refractivity contribution is 7.80. The van der Waals surface area contributed by atoms with Gasteiger partial charge in [-0.1, -0.05) is 57.5 Å². The fourth-order valence-electron chi connectivity index (χ4n) is 5.92. The van der Waals surface area contributed by atoms with Crippen molar-refractivity contribution in [2.24, 2.45) is 5.92 Å². The number of nitrogens with zero attached hydrogens (tertiary/aromatic N) is 3. The van der Waals surface area contributed by atoms with Crippen molar-refractivity contribution in [1.82, 2.24) is 25.3 Å². The summed E-state index contributed by atoms with van der Waals surface area (Å²) in [4.78, 5) is 20.9. The summed E-state index contributed by atoms with van der Waals surface area (Å²) >= 11 is 5.64. The molecule has 0 aromatic heterocycles. The number of carbonyl (C=O) groups is 1. The molecule has 0 bridgehead atoms. The molecule has 2 atom stereocenters. The number of benzene rings is 1. The third kappa shape index (κ3) is 5.42. The Labute approximate surface area is 211 Å². The first-order valence-electron chi connectivity index (χ1n) is 13.4. The molecule has 3 saturated heterocycles. The van der Waals surface area contributed by atoms with E-state index >= 15 is 0 Å². The Hall–Kier alpha value is -1.70. The number of piperidine rings is 2. The SMILES string of the molecule is CCCNC(=S)N1CCC2(CC1)N[C@@H]([C@H](C)CC)C(=O)N2C1CCN(Cc2ccccc2)CC1. The molecule has 1 aromatic carbocycles. The number of rotatable bonds is 7. The van der Waals surface area contributed by atoms with E-state index in [1.165, 1.54) is 5.56 Å². The summed E-state index contributed by atoms with van der Waals surface area (Å²) in [6, 6.07) is 11.0. The van der Waals surface area contributed by atoms with E-state index in [0.29, 0.717) is 17.9 Å². The van der Waals surface area contributed by atoms with Crippen LogP contribution in [0.1, 0.15) is 64.9 Å². The van der Waals surface area contributed by atoms with Crippen LogP contribution in [0.15, 0.2) is 30.3 Å². The average molecular weight is 486 g/mol. The van der Waals surface area contributed by atoms with Crippen LogP contribution in [0, 0.1) is 5.92 Å². The largest absolute Gasteiger partial charge is 0.363 e. The normalized spacial score (nSPS) is 24.6. The molecule has 0 aliphatic carbocycles. The Morgan fingerprint density at radius 2 is 1.82 bits per heavy atom. The zero-order valence-corrected chi connectivity index (χ0v) is 22.1. The molecule has 1 aromatic rings. The smallest absolute Gasteiger partial charge is 0.241 e. The summed E-state index contributed by atoms with van der Waals surface area (Å²) in [5, 5.41) is 8.12. The van der Waals surface area contributed by atoms with Crippen molar-refractivity contribution < 1.29 is 4.79 Å². The monoisotopic (exact) mass is 485 g/mol. The van der Waals surface area contributed by atoms with Crippen LogP contribution >= 0.6 is 12.2 Å². The molecule has 3 heterocycles. The molecule has 0 saturated carbocycles. The minimum absolute atomic E-state index is 0.0657. The van der Waals surface area contributed by atoms with Gasteiger partial charge in [0.2, 0.25) is 5.91 Å². The maximum Gasteiger partial charge on any atom is 0.241 e. The Balaban J connectivity index is 1.43. The van der Waals surface area contributed by atoms with Crippen LogP contribution in [0.2, 0.25) is 0 Å². The number of thiocarbonyl (C=S) groups is 1. The van der Waals surface area contributed by atoms with Gasteiger partial charge in [-0.05, 0) is 43.0 Å². The minimum Gasteiger partial charge on any atom is -0.363 e. The van der Waals surface area contributed by atoms with Crippen LogP contribution in [0.5, 0.6) is 0 Å². The predicted molar refractivity (Wildman–Crippen MR) is 142 cm³/mol. The second-order valence-electron chi connectivity index (χ2n) is 10.5. The van der Waals surface area contributed by atoms with Gasteiger partial charge in [0.15, 0.2) is 5.11 Å². The molecule has 3 aliphatic rings. The van der Waals surface area contributed by atoms with E-state index in [1.807, 2.05) is 0 Å². The average Bonchev–Trinajstić information content (AvgIpc) is 3.15. The lowest BCUT2D eigenvalue weighted by molar-refractivity contribution is -0.138. The lowest BCUT2D eigenvalue weighted by atomic mass is 9.92. The van der Waals surface area contributed by atoms with E-state index in [9.17, 15) is 4.79 Å². The molecular weight excluding hydrogens is 442 g/mol. The Morgan fingerprint density at radius 1 is 1.15 bits per heavy atom. The van der Waals surface area contributed by atoms with Crippen molar-refractivity contribution in [3.05, 3.63) is 35.9 Å². The highest BCUT2D eigenvalue weighted by Crippen LogP contribution is 2.38. The Morgan fingerprint density at radius 3 is 2.44 bits per heavy atom. The summed E-state index contributed by atoms with van der Waals surface area (Å²) in [5.74, 6) is 0.675. The number of nitrogens with one attached hydrogen (secondary N) is 2. The van der Waals surface area contributed by atoms with Gasteiger partial charge in [-0.25, -0.2) is 0 Å². The first-order valence-corrected chi connectivity index (χ1v) is 13.8. The van der Waals surface area contributed by atoms with Gasteiger partial charge in [-0.3, -0.25) is 15.0 Å². The summed E-state index contributed by atoms with van der Waals surface area (Å²) in [6.45, 7) is 12.4. The first-order chi connectivity index (χ1) is 16.5. The third-order valence-electron chi connectivity index (χ3n) is 8.18. The zero-order chi connectivity index (χ0) is 24.1. The van der Waals surface area contributed by atoms with Crippen LogP contribution in [0.3, 0.4) is 0 Å². The van der Waals surface area contributed by atoms with Gasteiger partial charge in [-0.2, -0.15) is 0 Å². The van der Waals surface area contributed by atoms with Crippen LogP contribution < -0.4 is 10.6 Å². The molecule has 188 valence electrons. The minimum atomic E-state index is -0.228. The molecule has 4 rings (SSSR count). The number of likely N-dealkylation sites (tertiary alicyclic amines) is 2. The highest BCUT2D eigenvalue weighted by Gasteiger charge is 2.55. The van der Waals surface area contributed by atoms with Crippen LogP contribution in [-0.2, 0) is 11.3 Å². The summed E-state index contributed by atoms with van der Waals surface area (Å²) < 4.78 is 0. The van der Waals surface area contributed by atoms with Gasteiger partial charge in [0.25, 0.3) is 0 Å². The van der Waals surface area contributed by atoms with Gasteiger partial charge in [0.1, 0.15) is 0 Å². The van der Waals surface area contributed by atoms with Crippen molar-refractivity contribution >= 4 is 23.2 Å². The standard InChI is InChI=1S/C27H43N5OS/c1-4-15-28-26(34)31-18-13-27(14-19-31)29-24(21(3)5-2)25(33)32(27)23-11-16-30(17-12-23)20-22-9-7-6-8-10-22/h6-10,21,23-24,29H,4-5,11-20H2,1-3H3,(H,28,34)/t21-,24+/m1/s1. The summed E-state index contributed by atoms with van der Waals surface area (Å²) in [5.41, 5.74) is 1.14. The van der Waals surface area contributed by atoms with Gasteiger partial charge in [-0.15, -0.1) is 0 Å². The topological polar surface area (TPSA) is 50.9 Å². The molecule has 1 amide bonds. The number of carbonyl (C=O) groups excluding carboxylic acids is 1. The molecule has 7 heteroatoms. The molecule has 1 spiro atoms. The van der Waals surface area contributed by atoms with Crippen LogP contribution in [0.25, 0.3) is 0 Å². The summed E-state index contributed by atoms with van der Waals surface area (Å²) in [7, 11) is 0. The molecule has 2 N–H and O–H groups in total. The van der Waals surface area contributed by atoms with Crippen LogP contribution in [0.4, 0.5) is 0 Å². The van der Waals surface area contributed by atoms with E-state index in [-0.39, 0.29) is 11.7 Å². The van der Waals surface area contributed by atoms with Crippen molar-refractivity contribution in [2.45, 2.75) is 83.6 Å². The molecule has 6 nitrogen and oxygen atoms in total. The lowest BCUT2D eigenvalue weighted by Gasteiger charge is -2.49. The van der Waals surface area contributed by atoms with Gasteiger partial charge in [0.05, 0.1) is 11.7 Å². The number of amides is 1. The fourth-order valence-corrected chi connectivity index (χ4v) is 6.20. The van der Waals surface area contributed by atoms with Crippen molar-refractivity contribution in [3.63, 3.8) is 0 Å². The van der Waals surface area contributed by atoms with E-state index < -0.39 is 0 Å². The van der Waals surface area contributed by atoms with Crippen molar-refractivity contribution in [1.29, 1.82) is 0 Å². The van der Waals surface area contributed by atoms with Crippen molar-refractivity contribution in [3.8, 4) is 0 Å². The van der Waals surface area contributed by atoms with Crippen molar-refractivity contribution in [2.75, 3.05) is 32.7 Å². The van der Waals surface area contributed by atoms with E-state index in [4.69, 9.17) is 12.2 Å². The van der Waals surface area contributed by atoms with E-state index in [1.54, 1.807) is 0 Å². The molecule has 3 aliphatic heterocycles. The van der Waals surface area contributed by atoms with E-state index in [0.717, 1.165) is 82.9 Å². The van der Waals surface area contributed by atoms with Gasteiger partial charge in [0, 0.05) is 58.2 Å². The lowest BCUT2D eigenvalue weighted by Crippen LogP contribution is -2.63. The van der Waals surface area contributed by atoms with Gasteiger partial charge >= 0.3 is 0 Å². The second-order valence-corrected chi connectivity index (χ2v) is 10.8. The molecule has 0 unspecified atom stereocenters. The first kappa shape index (κ1) is 25.4. The quantitative estimate of drug-likeness (QED) is 0.576. The maximum atomic E-state index is 13.8. The van der Waals surface area contributed by atoms with E-state index in [2.05, 4.69) is 76.4 Å². The number of hydrogen-bond donors (Lipinski definition) is 2. The zero-order valence-electron chi connectivity index (χ0n) is 21.3. The molecular formula is C27H43N5OS. The second kappa shape index (κ2) is 11.4. The highest BCUT2D eigenvalue weighted by atomic mass is 32.1. The third-order valence-corrected chi connectivity index (χ3v) is 8.58. The number of hydrogen-bond acceptors (Lipinski definition) is 4. The van der Waals surface area contributed by atoms with Gasteiger partial charge < -0.3 is 15.1 Å². The summed E-state index contributed by atoms with van der Waals surface area (Å²) in [6.07, 6.45) is 6.06. The Bertz CT molecular complexity index is 818. The fraction of sp³-hybridized carbons (Fsp3) is 0.704. The predicted octanol–water partition coefficient (Wildman–Crippen LogP) is 3.57. The molecule has 34 heavy (non-hydrogen) atoms. The maximum absolute atomic E-state index is 13.8.